The molecule has 0 saturated carbocycles. The summed E-state index contributed by atoms with van der Waals surface area (Å²) < 4.78 is 0. The van der Waals surface area contributed by atoms with E-state index in [2.05, 4.69) is 48.1 Å². The fourth-order valence-corrected chi connectivity index (χ4v) is 3.31. The van der Waals surface area contributed by atoms with Crippen molar-refractivity contribution in [2.24, 2.45) is 0 Å². The third kappa shape index (κ3) is 13.0. The Hall–Kier alpha value is -2.56. The fraction of sp³-hybridized carbons (Fsp3) is 0.577. The van der Waals surface area contributed by atoms with Crippen LogP contribution in [0.1, 0.15) is 90.0 Å². The highest BCUT2D eigenvalue weighted by molar-refractivity contribution is 5.55. The van der Waals surface area contributed by atoms with Gasteiger partial charge in [0.25, 0.3) is 0 Å². The summed E-state index contributed by atoms with van der Waals surface area (Å²) >= 11 is 0. The summed E-state index contributed by atoms with van der Waals surface area (Å²) in [6, 6.07) is 8.58. The van der Waals surface area contributed by atoms with Crippen LogP contribution in [0.25, 0.3) is 11.4 Å². The molecule has 176 valence electrons. The Labute approximate surface area is 192 Å². The van der Waals surface area contributed by atoms with Crippen LogP contribution < -0.4 is 4.89 Å². The minimum atomic E-state index is 0.250. The first kappa shape index (κ1) is 27.5. The van der Waals surface area contributed by atoms with Crippen molar-refractivity contribution in [3.8, 4) is 17.1 Å². The number of nitrogens with zero attached hydrogens (tertiary/aromatic N) is 2. The number of hydrogen-bond acceptors (Lipinski definition) is 6. The third-order valence-corrected chi connectivity index (χ3v) is 5.15. The second-order valence-corrected chi connectivity index (χ2v) is 7.86. The number of aromatic nitrogens is 2. The summed E-state index contributed by atoms with van der Waals surface area (Å²) in [5.74, 6) is 1.26. The Bertz CT molecular complexity index is 726. The van der Waals surface area contributed by atoms with Gasteiger partial charge in [0.15, 0.2) is 5.82 Å². The minimum absolute atomic E-state index is 0.250. The van der Waals surface area contributed by atoms with Gasteiger partial charge in [0.05, 0.1) is 19.0 Å². The first-order valence-corrected chi connectivity index (χ1v) is 11.9. The van der Waals surface area contributed by atoms with Crippen molar-refractivity contribution in [1.82, 2.24) is 9.97 Å². The Kier molecular flexibility index (Phi) is 16.4. The molecule has 0 aliphatic rings. The van der Waals surface area contributed by atoms with Crippen molar-refractivity contribution < 1.29 is 19.4 Å². The largest absolute Gasteiger partial charge is 0.373 e. The van der Waals surface area contributed by atoms with E-state index in [1.807, 2.05) is 0 Å². The molecule has 1 aromatic heterocycles. The summed E-state index contributed by atoms with van der Waals surface area (Å²) in [5.41, 5.74) is 2.41. The van der Waals surface area contributed by atoms with Crippen LogP contribution in [0.15, 0.2) is 36.7 Å². The zero-order valence-corrected chi connectivity index (χ0v) is 19.7. The van der Waals surface area contributed by atoms with E-state index in [4.69, 9.17) is 19.4 Å². The van der Waals surface area contributed by atoms with Crippen LogP contribution >= 0.6 is 0 Å². The van der Waals surface area contributed by atoms with Crippen LogP contribution in [0.3, 0.4) is 0 Å². The number of carbonyl (C=O) groups excluding carboxylic acids is 2. The summed E-state index contributed by atoms with van der Waals surface area (Å²) in [4.78, 5) is 35.6. The predicted molar refractivity (Wildman–Crippen MR) is 125 cm³/mol. The maximum absolute atomic E-state index is 8.12. The number of unbranched alkanes of at least 4 members (excludes halogenated alkanes) is 9. The average molecular weight is 443 g/mol. The van der Waals surface area contributed by atoms with Gasteiger partial charge in [-0.2, -0.15) is 14.5 Å². The lowest BCUT2D eigenvalue weighted by Gasteiger charge is -2.06. The lowest BCUT2D eigenvalue weighted by Crippen LogP contribution is -2.01. The summed E-state index contributed by atoms with van der Waals surface area (Å²) in [7, 11) is 0. The van der Waals surface area contributed by atoms with Crippen LogP contribution in [-0.4, -0.2) is 22.7 Å². The fourth-order valence-electron chi connectivity index (χ4n) is 3.31. The summed E-state index contributed by atoms with van der Waals surface area (Å²) in [6.45, 7) is 5.09. The molecule has 0 N–H and O–H groups in total. The van der Waals surface area contributed by atoms with Crippen LogP contribution in [0, 0.1) is 0 Å². The zero-order valence-electron chi connectivity index (χ0n) is 19.7. The predicted octanol–water partition coefficient (Wildman–Crippen LogP) is 6.74. The molecular weight excluding hydrogens is 404 g/mol. The van der Waals surface area contributed by atoms with E-state index < -0.39 is 0 Å². The highest BCUT2D eigenvalue weighted by atomic mass is 17.2. The van der Waals surface area contributed by atoms with Crippen LogP contribution in [-0.2, 0) is 20.9 Å². The SMILES string of the molecule is CCCCCCCCOOc1cnc(-c2ccc(CCCCCCC)cc2)nc1.O=C=O. The molecule has 0 unspecified atom stereocenters. The molecule has 0 amide bonds. The lowest BCUT2D eigenvalue weighted by atomic mass is 10.0. The first-order chi connectivity index (χ1) is 15.7. The van der Waals surface area contributed by atoms with Gasteiger partial charge in [0, 0.05) is 5.56 Å². The van der Waals surface area contributed by atoms with E-state index in [0.29, 0.717) is 18.2 Å². The molecule has 0 fully saturated rings. The minimum Gasteiger partial charge on any atom is -0.334 e. The standard InChI is InChI=1S/C25H38N2O2.CO2/c1-3-5-7-9-11-13-19-28-29-24-20-26-25(27-21-24)23-17-15-22(16-18-23)14-12-10-8-6-4-2;2-1-3/h15-18,20-21H,3-14,19H2,1-2H3;. The highest BCUT2D eigenvalue weighted by Crippen LogP contribution is 2.19. The molecule has 0 spiro atoms. The number of benzene rings is 1. The van der Waals surface area contributed by atoms with E-state index in [9.17, 15) is 0 Å². The van der Waals surface area contributed by atoms with Gasteiger partial charge >= 0.3 is 6.15 Å². The molecule has 6 nitrogen and oxygen atoms in total. The van der Waals surface area contributed by atoms with Crippen LogP contribution in [0.4, 0.5) is 0 Å². The Morgan fingerprint density at radius 1 is 0.750 bits per heavy atom. The first-order valence-electron chi connectivity index (χ1n) is 11.9. The second-order valence-electron chi connectivity index (χ2n) is 7.86. The van der Waals surface area contributed by atoms with Crippen molar-refractivity contribution in [2.45, 2.75) is 90.9 Å². The maximum Gasteiger partial charge on any atom is 0.373 e. The smallest absolute Gasteiger partial charge is 0.334 e. The molecule has 0 bridgehead atoms. The van der Waals surface area contributed by atoms with Gasteiger partial charge in [-0.1, -0.05) is 95.9 Å². The van der Waals surface area contributed by atoms with Gasteiger partial charge in [-0.05, 0) is 24.8 Å². The number of aryl methyl sites for hydroxylation is 1. The monoisotopic (exact) mass is 442 g/mol. The average Bonchev–Trinajstić information content (AvgIpc) is 2.82. The highest BCUT2D eigenvalue weighted by Gasteiger charge is 2.04. The Morgan fingerprint density at radius 2 is 1.28 bits per heavy atom. The van der Waals surface area contributed by atoms with Gasteiger partial charge in [-0.25, -0.2) is 9.97 Å². The number of rotatable bonds is 16. The molecule has 0 aliphatic carbocycles. The van der Waals surface area contributed by atoms with Crippen molar-refractivity contribution in [3.05, 3.63) is 42.2 Å². The molecular formula is C26H38N2O4. The summed E-state index contributed by atoms with van der Waals surface area (Å²) in [6.07, 6.45) is 18.7. The molecule has 0 atom stereocenters. The normalized spacial score (nSPS) is 10.2. The van der Waals surface area contributed by atoms with Gasteiger partial charge in [-0.15, -0.1) is 0 Å². The molecule has 1 aromatic carbocycles. The van der Waals surface area contributed by atoms with Gasteiger partial charge in [-0.3, -0.25) is 0 Å². The van der Waals surface area contributed by atoms with Crippen LogP contribution in [0.5, 0.6) is 5.75 Å². The van der Waals surface area contributed by atoms with Crippen molar-refractivity contribution >= 4 is 6.15 Å². The van der Waals surface area contributed by atoms with Gasteiger partial charge < -0.3 is 4.89 Å². The molecule has 2 aromatic rings. The summed E-state index contributed by atoms with van der Waals surface area (Å²) in [5, 5.41) is 0. The molecule has 0 radical (unpaired) electrons. The maximum atomic E-state index is 8.12. The van der Waals surface area contributed by atoms with Crippen molar-refractivity contribution in [1.29, 1.82) is 0 Å². The van der Waals surface area contributed by atoms with Gasteiger partial charge in [0.1, 0.15) is 0 Å². The Balaban J connectivity index is 0.00000161. The van der Waals surface area contributed by atoms with Gasteiger partial charge in [0.2, 0.25) is 5.75 Å². The lowest BCUT2D eigenvalue weighted by molar-refractivity contribution is -0.207. The van der Waals surface area contributed by atoms with E-state index >= 15 is 0 Å². The second kappa shape index (κ2) is 19.1. The van der Waals surface area contributed by atoms with E-state index in [1.165, 1.54) is 69.8 Å². The third-order valence-electron chi connectivity index (χ3n) is 5.15. The quantitative estimate of drug-likeness (QED) is 0.163. The van der Waals surface area contributed by atoms with E-state index in [0.717, 1.165) is 18.4 Å². The van der Waals surface area contributed by atoms with E-state index in [1.54, 1.807) is 12.4 Å². The molecule has 6 heteroatoms. The van der Waals surface area contributed by atoms with Crippen molar-refractivity contribution in [3.63, 3.8) is 0 Å². The van der Waals surface area contributed by atoms with Crippen LogP contribution in [0.2, 0.25) is 0 Å². The molecule has 1 heterocycles. The zero-order chi connectivity index (χ0) is 23.3. The topological polar surface area (TPSA) is 78.4 Å². The van der Waals surface area contributed by atoms with Crippen molar-refractivity contribution in [2.75, 3.05) is 6.61 Å². The Morgan fingerprint density at radius 3 is 1.88 bits per heavy atom. The molecule has 0 aliphatic heterocycles. The van der Waals surface area contributed by atoms with E-state index in [-0.39, 0.29) is 6.15 Å². The molecule has 32 heavy (non-hydrogen) atoms. The number of hydrogen-bond donors (Lipinski definition) is 0. The molecule has 0 saturated heterocycles. The molecule has 2 rings (SSSR count).